The minimum absolute atomic E-state index is 0.0758. The molecule has 13 nitrogen and oxygen atoms in total. The first-order valence-electron chi connectivity index (χ1n) is 12.4. The van der Waals surface area contributed by atoms with Crippen molar-refractivity contribution in [3.63, 3.8) is 0 Å². The van der Waals surface area contributed by atoms with Gasteiger partial charge in [-0.2, -0.15) is 0 Å². The van der Waals surface area contributed by atoms with E-state index in [2.05, 4.69) is 37.8 Å². The minimum Gasteiger partial charge on any atom is -0.461 e. The van der Waals surface area contributed by atoms with Gasteiger partial charge in [0.1, 0.15) is 28.3 Å². The molecule has 1 atom stereocenters. The van der Waals surface area contributed by atoms with Gasteiger partial charge in [0, 0.05) is 23.3 Å². The number of thioether (sulfide) groups is 1. The normalized spacial score (nSPS) is 15.0. The minimum atomic E-state index is -1.04. The zero-order valence-corrected chi connectivity index (χ0v) is 27.0. The molecule has 17 heteroatoms. The second-order valence-electron chi connectivity index (χ2n) is 9.17. The maximum atomic E-state index is 12.7. The van der Waals surface area contributed by atoms with Crippen molar-refractivity contribution in [2.24, 2.45) is 0 Å². The van der Waals surface area contributed by atoms with Crippen LogP contribution in [0.5, 0.6) is 0 Å². The number of esters is 2. The van der Waals surface area contributed by atoms with E-state index in [0.717, 1.165) is 0 Å². The number of pyridine rings is 1. The summed E-state index contributed by atoms with van der Waals surface area (Å²) >= 11 is 4.38. The highest BCUT2D eigenvalue weighted by atomic mass is 79.9. The fourth-order valence-electron chi connectivity index (χ4n) is 3.02. The smallest absolute Gasteiger partial charge is 0.349 e. The Balaban J connectivity index is 1.42. The van der Waals surface area contributed by atoms with E-state index in [9.17, 15) is 24.0 Å². The number of carbonyl (C=O) groups excluding carboxylic acids is 5. The quantitative estimate of drug-likeness (QED) is 0.0664. The Kier molecular flexibility index (Phi) is 12.4. The highest BCUT2D eigenvalue weighted by Crippen LogP contribution is 2.32. The second kappa shape index (κ2) is 15.5. The zero-order chi connectivity index (χ0) is 30.9. The number of carbonyl (C=O) groups is 5. The highest BCUT2D eigenvalue weighted by Gasteiger charge is 2.43. The summed E-state index contributed by atoms with van der Waals surface area (Å²) in [5, 5.41) is 8.33. The lowest BCUT2D eigenvalue weighted by Crippen LogP contribution is -2.39. The molecule has 0 aliphatic carbocycles. The maximum Gasteiger partial charge on any atom is 0.349 e. The summed E-state index contributed by atoms with van der Waals surface area (Å²) in [5.74, 6) is -2.03. The van der Waals surface area contributed by atoms with Crippen LogP contribution >= 0.6 is 49.3 Å². The molecule has 2 aromatic heterocycles. The third-order valence-electron chi connectivity index (χ3n) is 5.18. The summed E-state index contributed by atoms with van der Waals surface area (Å²) in [5.41, 5.74) is 1.03. The molecule has 2 aromatic rings. The lowest BCUT2D eigenvalue weighted by molar-refractivity contribution is -0.198. The fraction of sp³-hybridized carbons (Fsp3) is 0.440. The van der Waals surface area contributed by atoms with Gasteiger partial charge in [0.05, 0.1) is 30.0 Å². The number of rotatable bonds is 15. The Morgan fingerprint density at radius 2 is 1.98 bits per heavy atom. The van der Waals surface area contributed by atoms with Gasteiger partial charge in [0.2, 0.25) is 0 Å². The average Bonchev–Trinajstić information content (AvgIpc) is 3.50. The molecule has 2 amide bonds. The van der Waals surface area contributed by atoms with Crippen molar-refractivity contribution in [3.8, 4) is 0 Å². The standard InChI is InChI=1S/C25H28BrN5O8S3/c1-15(2)22(34)37-9-11-41-42-20-17(6-5-7-27-20)23(35)38-14-16-13-30(29-28-16)8-10-40-18-12-19(32)31(21(18)33)39-24(36)25(3,4)26/h5-7,13,18H,1,8-12,14H2,2-4H3. The molecule has 0 aromatic carbocycles. The van der Waals surface area contributed by atoms with Crippen molar-refractivity contribution in [1.29, 1.82) is 0 Å². The van der Waals surface area contributed by atoms with E-state index in [1.807, 2.05) is 0 Å². The van der Waals surface area contributed by atoms with Gasteiger partial charge in [-0.15, -0.1) is 21.9 Å². The largest absolute Gasteiger partial charge is 0.461 e. The van der Waals surface area contributed by atoms with E-state index >= 15 is 0 Å². The molecule has 0 radical (unpaired) electrons. The van der Waals surface area contributed by atoms with E-state index in [0.29, 0.717) is 39.4 Å². The Labute approximate surface area is 262 Å². The Morgan fingerprint density at radius 1 is 1.21 bits per heavy atom. The van der Waals surface area contributed by atoms with Gasteiger partial charge in [0.15, 0.2) is 0 Å². The maximum absolute atomic E-state index is 12.7. The van der Waals surface area contributed by atoms with Gasteiger partial charge in [-0.05, 0) is 43.7 Å². The summed E-state index contributed by atoms with van der Waals surface area (Å²) in [4.78, 5) is 70.1. The second-order valence-corrected chi connectivity index (χ2v) is 14.9. The summed E-state index contributed by atoms with van der Waals surface area (Å²) in [6, 6.07) is 3.23. The number of hydrogen-bond acceptors (Lipinski definition) is 14. The van der Waals surface area contributed by atoms with Crippen LogP contribution in [0.3, 0.4) is 0 Å². The number of aryl methyl sites for hydroxylation is 1. The average molecular weight is 703 g/mol. The summed E-state index contributed by atoms with van der Waals surface area (Å²) in [6.45, 7) is 8.65. The Bertz CT molecular complexity index is 1350. The SMILES string of the molecule is C=C(C)C(=O)OCCSSc1ncccc1C(=O)OCc1cn(CCSC2CC(=O)N(OC(=O)C(C)(C)Br)C2=O)nn1. The molecule has 1 saturated heterocycles. The summed E-state index contributed by atoms with van der Waals surface area (Å²) < 4.78 is 10.9. The molecule has 3 rings (SSSR count). The third kappa shape index (κ3) is 9.84. The zero-order valence-electron chi connectivity index (χ0n) is 22.9. The Morgan fingerprint density at radius 3 is 2.69 bits per heavy atom. The molecule has 0 saturated carbocycles. The molecular formula is C25H28BrN5O8S3. The van der Waals surface area contributed by atoms with E-state index in [4.69, 9.17) is 14.3 Å². The van der Waals surface area contributed by atoms with Crippen molar-refractivity contribution < 1.29 is 38.3 Å². The van der Waals surface area contributed by atoms with Crippen LogP contribution < -0.4 is 0 Å². The van der Waals surface area contributed by atoms with Gasteiger partial charge in [-0.25, -0.2) is 19.4 Å². The first kappa shape index (κ1) is 33.6. The van der Waals surface area contributed by atoms with Crippen molar-refractivity contribution in [1.82, 2.24) is 25.0 Å². The van der Waals surface area contributed by atoms with E-state index in [1.165, 1.54) is 38.0 Å². The molecule has 0 N–H and O–H groups in total. The van der Waals surface area contributed by atoms with Crippen molar-refractivity contribution in [3.05, 3.63) is 47.9 Å². The fourth-order valence-corrected chi connectivity index (χ4v) is 6.05. The lowest BCUT2D eigenvalue weighted by Gasteiger charge is -2.19. The number of amides is 2. The third-order valence-corrected chi connectivity index (χ3v) is 8.95. The van der Waals surface area contributed by atoms with Crippen molar-refractivity contribution in [2.45, 2.75) is 54.9 Å². The van der Waals surface area contributed by atoms with E-state index in [1.54, 1.807) is 45.3 Å². The molecule has 3 heterocycles. The number of alkyl halides is 1. The lowest BCUT2D eigenvalue weighted by atomic mass is 10.2. The highest BCUT2D eigenvalue weighted by molar-refractivity contribution is 9.10. The van der Waals surface area contributed by atoms with Crippen LogP contribution in [0.4, 0.5) is 0 Å². The van der Waals surface area contributed by atoms with Gasteiger partial charge >= 0.3 is 17.9 Å². The van der Waals surface area contributed by atoms with E-state index < -0.39 is 39.3 Å². The first-order valence-corrected chi connectivity index (χ1v) is 16.6. The van der Waals surface area contributed by atoms with Crippen LogP contribution in [0, 0.1) is 0 Å². The van der Waals surface area contributed by atoms with Gasteiger partial charge in [-0.1, -0.05) is 38.5 Å². The molecule has 1 aliphatic rings. The number of imide groups is 1. The molecule has 0 bridgehead atoms. The van der Waals surface area contributed by atoms with Crippen LogP contribution in [0.25, 0.3) is 0 Å². The number of halogens is 1. The van der Waals surface area contributed by atoms with Crippen LogP contribution in [-0.4, -0.2) is 82.5 Å². The summed E-state index contributed by atoms with van der Waals surface area (Å²) in [6.07, 6.45) is 3.10. The molecule has 1 fully saturated rings. The Hall–Kier alpha value is -2.89. The molecule has 1 aliphatic heterocycles. The van der Waals surface area contributed by atoms with Crippen LogP contribution in [0.1, 0.15) is 43.2 Å². The summed E-state index contributed by atoms with van der Waals surface area (Å²) in [7, 11) is 2.64. The number of ether oxygens (including phenoxy) is 2. The number of hydrogen-bond donors (Lipinski definition) is 0. The first-order chi connectivity index (χ1) is 19.9. The predicted octanol–water partition coefficient (Wildman–Crippen LogP) is 3.38. The number of aromatic nitrogens is 4. The van der Waals surface area contributed by atoms with Crippen LogP contribution in [0.15, 0.2) is 41.7 Å². The van der Waals surface area contributed by atoms with E-state index in [-0.39, 0.29) is 25.2 Å². The van der Waals surface area contributed by atoms with Gasteiger partial charge in [0.25, 0.3) is 11.8 Å². The number of nitrogens with zero attached hydrogens (tertiary/aromatic N) is 5. The van der Waals surface area contributed by atoms with Crippen molar-refractivity contribution >= 4 is 79.0 Å². The topological polar surface area (TPSA) is 160 Å². The van der Waals surface area contributed by atoms with Crippen molar-refractivity contribution in [2.75, 3.05) is 18.1 Å². The number of hydroxylamine groups is 2. The molecular weight excluding hydrogens is 674 g/mol. The molecule has 42 heavy (non-hydrogen) atoms. The monoisotopic (exact) mass is 701 g/mol. The van der Waals surface area contributed by atoms with Crippen LogP contribution in [0.2, 0.25) is 0 Å². The molecule has 0 spiro atoms. The predicted molar refractivity (Wildman–Crippen MR) is 159 cm³/mol. The van der Waals surface area contributed by atoms with Gasteiger partial charge < -0.3 is 14.3 Å². The van der Waals surface area contributed by atoms with Crippen LogP contribution in [-0.2, 0) is 46.6 Å². The molecule has 1 unspecified atom stereocenters. The van der Waals surface area contributed by atoms with Gasteiger partial charge in [-0.3, -0.25) is 14.3 Å². The molecule has 226 valence electrons.